The predicted molar refractivity (Wildman–Crippen MR) is 140 cm³/mol. The lowest BCUT2D eigenvalue weighted by Crippen LogP contribution is -2.15. The van der Waals surface area contributed by atoms with Crippen molar-refractivity contribution in [3.05, 3.63) is 6.33 Å². The Hall–Kier alpha value is -3.08. The van der Waals surface area contributed by atoms with Gasteiger partial charge in [0.2, 0.25) is 5.95 Å². The number of hydrogen-bond donors (Lipinski definition) is 3. The molecule has 0 radical (unpaired) electrons. The molecule has 3 unspecified atom stereocenters. The van der Waals surface area contributed by atoms with E-state index in [1.165, 1.54) is 0 Å². The van der Waals surface area contributed by atoms with Crippen molar-refractivity contribution in [2.75, 3.05) is 24.7 Å². The molecule has 1 saturated heterocycles. The van der Waals surface area contributed by atoms with E-state index in [9.17, 15) is 14.4 Å². The molecule has 0 spiro atoms. The van der Waals surface area contributed by atoms with Crippen LogP contribution in [-0.4, -0.2) is 62.9 Å². The first-order valence-corrected chi connectivity index (χ1v) is 12.5. The third kappa shape index (κ3) is 9.52. The molecule has 1 fully saturated rings. The Balaban J connectivity index is 0.000000620. The molecule has 11 nitrogen and oxygen atoms in total. The van der Waals surface area contributed by atoms with E-state index in [4.69, 9.17) is 9.84 Å². The number of rotatable bonds is 10. The lowest BCUT2D eigenvalue weighted by molar-refractivity contribution is -0.136. The third-order valence-corrected chi connectivity index (χ3v) is 5.46. The summed E-state index contributed by atoms with van der Waals surface area (Å²) in [6.07, 6.45) is 6.40. The summed E-state index contributed by atoms with van der Waals surface area (Å²) in [5.41, 5.74) is 1.47. The number of carbonyl (C=O) groups excluding carboxylic acids is 2. The van der Waals surface area contributed by atoms with Crippen LogP contribution < -0.4 is 10.6 Å². The minimum Gasteiger partial charge on any atom is -0.481 e. The van der Waals surface area contributed by atoms with Gasteiger partial charge in [0.1, 0.15) is 18.3 Å². The van der Waals surface area contributed by atoms with Gasteiger partial charge in [-0.05, 0) is 18.8 Å². The van der Waals surface area contributed by atoms with Crippen LogP contribution in [0.15, 0.2) is 6.33 Å². The molecular formula is C25H42N6O5. The smallest absolute Gasteiger partial charge is 0.303 e. The van der Waals surface area contributed by atoms with E-state index in [1.807, 2.05) is 18.5 Å². The number of aromatic nitrogens is 4. The van der Waals surface area contributed by atoms with E-state index in [-0.39, 0.29) is 18.8 Å². The Morgan fingerprint density at radius 2 is 1.89 bits per heavy atom. The average Bonchev–Trinajstić information content (AvgIpc) is 3.44. The Bertz CT molecular complexity index is 977. The molecule has 3 heterocycles. The maximum absolute atomic E-state index is 12.0. The molecule has 0 bridgehead atoms. The van der Waals surface area contributed by atoms with Gasteiger partial charge in [0.25, 0.3) is 0 Å². The first-order valence-electron chi connectivity index (χ1n) is 12.5. The van der Waals surface area contributed by atoms with Crippen LogP contribution in [0.1, 0.15) is 79.4 Å². The molecule has 1 aliphatic rings. The molecule has 11 heteroatoms. The van der Waals surface area contributed by atoms with E-state index in [0.717, 1.165) is 30.3 Å². The normalized spacial score (nSPS) is 18.6. The van der Waals surface area contributed by atoms with E-state index in [0.29, 0.717) is 48.6 Å². The highest BCUT2D eigenvalue weighted by Gasteiger charge is 2.34. The van der Waals surface area contributed by atoms with Gasteiger partial charge in [0.05, 0.1) is 12.4 Å². The number of nitrogens with one attached hydrogen (secondary N) is 2. The molecule has 0 amide bonds. The topological polar surface area (TPSA) is 148 Å². The second-order valence-electron chi connectivity index (χ2n) is 9.08. The molecule has 3 rings (SSSR count). The largest absolute Gasteiger partial charge is 0.481 e. The fourth-order valence-electron chi connectivity index (χ4n) is 3.71. The van der Waals surface area contributed by atoms with Crippen molar-refractivity contribution in [3.63, 3.8) is 0 Å². The minimum absolute atomic E-state index is 0.0907. The summed E-state index contributed by atoms with van der Waals surface area (Å²) in [4.78, 5) is 44.0. The van der Waals surface area contributed by atoms with Crippen molar-refractivity contribution in [2.45, 2.75) is 85.5 Å². The van der Waals surface area contributed by atoms with E-state index in [1.54, 1.807) is 20.3 Å². The van der Waals surface area contributed by atoms with Crippen LogP contribution >= 0.6 is 0 Å². The van der Waals surface area contributed by atoms with Crippen LogP contribution in [0.2, 0.25) is 0 Å². The maximum Gasteiger partial charge on any atom is 0.303 e. The summed E-state index contributed by atoms with van der Waals surface area (Å²) >= 11 is 0. The molecule has 3 N–H and O–H groups in total. The Labute approximate surface area is 213 Å². The number of Topliss-reactive ketones (excluding diaryl/α,β-unsaturated/α-hetero) is 1. The van der Waals surface area contributed by atoms with Gasteiger partial charge in [0, 0.05) is 45.7 Å². The number of imidazole rings is 1. The zero-order chi connectivity index (χ0) is 27.3. The summed E-state index contributed by atoms with van der Waals surface area (Å²) in [6.45, 7) is 9.74. The minimum atomic E-state index is -0.745. The number of aliphatic carboxylic acids is 1. The summed E-state index contributed by atoms with van der Waals surface area (Å²) in [7, 11) is 3.61. The number of carboxylic acids is 1. The van der Waals surface area contributed by atoms with Gasteiger partial charge >= 0.3 is 5.97 Å². The second-order valence-corrected chi connectivity index (χ2v) is 9.08. The number of anilines is 2. The first-order chi connectivity index (χ1) is 17.1. The van der Waals surface area contributed by atoms with E-state index < -0.39 is 5.97 Å². The van der Waals surface area contributed by atoms with Crippen LogP contribution in [0.5, 0.6) is 0 Å². The van der Waals surface area contributed by atoms with Crippen LogP contribution in [0.3, 0.4) is 0 Å². The number of carboxylic acid groups (broad SMARTS) is 1. The molecule has 202 valence electrons. The predicted octanol–water partition coefficient (Wildman–Crippen LogP) is 4.31. The maximum atomic E-state index is 12.0. The summed E-state index contributed by atoms with van der Waals surface area (Å²) in [5, 5.41) is 13.8. The van der Waals surface area contributed by atoms with E-state index in [2.05, 4.69) is 46.4 Å². The SMILES string of the molecule is CCC(=O)O.CCC=O.CNc1nc(NC)c2ncn(C3OC(CCC(=O)CC(C)C)CC3C)c2n1. The number of nitrogens with zero attached hydrogens (tertiary/aromatic N) is 4. The lowest BCUT2D eigenvalue weighted by Gasteiger charge is -2.18. The monoisotopic (exact) mass is 506 g/mol. The van der Waals surface area contributed by atoms with Crippen LogP contribution in [-0.2, 0) is 19.1 Å². The van der Waals surface area contributed by atoms with Crippen LogP contribution in [0.4, 0.5) is 11.8 Å². The zero-order valence-corrected chi connectivity index (χ0v) is 22.6. The van der Waals surface area contributed by atoms with Crippen molar-refractivity contribution < 1.29 is 24.2 Å². The number of ether oxygens (including phenoxy) is 1. The first kappa shape index (κ1) is 31.0. The molecule has 0 saturated carbocycles. The molecule has 3 atom stereocenters. The fourth-order valence-corrected chi connectivity index (χ4v) is 3.71. The van der Waals surface area contributed by atoms with Crippen LogP contribution in [0.25, 0.3) is 11.2 Å². The fraction of sp³-hybridized carbons (Fsp3) is 0.680. The molecule has 36 heavy (non-hydrogen) atoms. The Morgan fingerprint density at radius 1 is 1.25 bits per heavy atom. The third-order valence-electron chi connectivity index (χ3n) is 5.46. The van der Waals surface area contributed by atoms with Gasteiger partial charge < -0.3 is 25.3 Å². The van der Waals surface area contributed by atoms with Crippen LogP contribution in [0, 0.1) is 11.8 Å². The van der Waals surface area contributed by atoms with Crippen molar-refractivity contribution >= 4 is 41.0 Å². The molecule has 2 aromatic rings. The lowest BCUT2D eigenvalue weighted by atomic mass is 9.99. The Morgan fingerprint density at radius 3 is 2.39 bits per heavy atom. The highest BCUT2D eigenvalue weighted by atomic mass is 16.5. The molecule has 0 aromatic carbocycles. The molecular weight excluding hydrogens is 464 g/mol. The standard InChI is InChI=1S/C19H30N6O2.C3H6O2.C3H6O/c1-11(2)8-13(26)6-7-14-9-12(3)18(27-14)25-10-22-15-16(20-4)23-19(21-5)24-17(15)25;1-2-3(4)5;1-2-3-4/h10-12,14,18H,6-9H2,1-5H3,(H2,20,21,23,24);2H2,1H3,(H,4,5);3H,2H2,1H3. The van der Waals surface area contributed by atoms with Gasteiger partial charge in [-0.3, -0.25) is 14.2 Å². The zero-order valence-electron chi connectivity index (χ0n) is 22.6. The Kier molecular flexibility index (Phi) is 13.6. The van der Waals surface area contributed by atoms with Crippen molar-refractivity contribution in [3.8, 4) is 0 Å². The molecule has 2 aromatic heterocycles. The highest BCUT2D eigenvalue weighted by molar-refractivity contribution is 5.84. The number of carbonyl (C=O) groups is 3. The average molecular weight is 507 g/mol. The number of aldehydes is 1. The molecule has 0 aliphatic carbocycles. The van der Waals surface area contributed by atoms with Gasteiger partial charge in [-0.25, -0.2) is 4.98 Å². The van der Waals surface area contributed by atoms with Gasteiger partial charge in [-0.2, -0.15) is 9.97 Å². The van der Waals surface area contributed by atoms with Crippen molar-refractivity contribution in [2.24, 2.45) is 11.8 Å². The van der Waals surface area contributed by atoms with Crippen molar-refractivity contribution in [1.82, 2.24) is 19.5 Å². The highest BCUT2D eigenvalue weighted by Crippen LogP contribution is 2.38. The quantitative estimate of drug-likeness (QED) is 0.398. The summed E-state index contributed by atoms with van der Waals surface area (Å²) in [5.74, 6) is 1.53. The van der Waals surface area contributed by atoms with Gasteiger partial charge in [0.15, 0.2) is 17.0 Å². The van der Waals surface area contributed by atoms with Crippen molar-refractivity contribution in [1.29, 1.82) is 0 Å². The summed E-state index contributed by atoms with van der Waals surface area (Å²) < 4.78 is 8.28. The van der Waals surface area contributed by atoms with Gasteiger partial charge in [-0.15, -0.1) is 0 Å². The number of hydrogen-bond acceptors (Lipinski definition) is 9. The van der Waals surface area contributed by atoms with E-state index >= 15 is 0 Å². The summed E-state index contributed by atoms with van der Waals surface area (Å²) in [6, 6.07) is 0. The van der Waals surface area contributed by atoms with Gasteiger partial charge in [-0.1, -0.05) is 34.6 Å². The number of ketones is 1. The number of fused-ring (bicyclic) bond motifs is 1. The molecule has 1 aliphatic heterocycles. The second kappa shape index (κ2) is 15.8.